The molecule has 0 radical (unpaired) electrons. The summed E-state index contributed by atoms with van der Waals surface area (Å²) in [4.78, 5) is 37.0. The highest BCUT2D eigenvalue weighted by atomic mass is 35.5. The molecule has 2 N–H and O–H groups in total. The van der Waals surface area contributed by atoms with Crippen LogP contribution in [0.15, 0.2) is 29.3 Å². The van der Waals surface area contributed by atoms with E-state index in [2.05, 4.69) is 15.0 Å². The lowest BCUT2D eigenvalue weighted by Crippen LogP contribution is -2.55. The molecule has 3 heterocycles. The van der Waals surface area contributed by atoms with E-state index in [-0.39, 0.29) is 30.5 Å². The molecular formula is C25H24ClN3O6. The van der Waals surface area contributed by atoms with E-state index >= 15 is 0 Å². The van der Waals surface area contributed by atoms with E-state index in [0.29, 0.717) is 50.7 Å². The number of ether oxygens (including phenoxy) is 4. The standard InChI is InChI=1S/C25H23N3O6.ClH/c1-31-19-10-13-16(11-25(19,32-2)5-3-4-20-26-6-7-27-20)24(30)28-22-14-8-17-18(34-12-33-17)9-15(14)23(29)21(13)22;/h6-11,19H,3-5,12H2,1-2H3,(H,26,27)(H,28,30);1H. The van der Waals surface area contributed by atoms with Crippen molar-refractivity contribution >= 4 is 30.3 Å². The number of methoxy groups -OCH3 is 2. The summed E-state index contributed by atoms with van der Waals surface area (Å²) in [7, 11) is 3.21. The van der Waals surface area contributed by atoms with Gasteiger partial charge < -0.3 is 28.9 Å². The summed E-state index contributed by atoms with van der Waals surface area (Å²) in [5, 5.41) is 0.973. The van der Waals surface area contributed by atoms with Gasteiger partial charge in [0, 0.05) is 49.4 Å². The first-order valence-electron chi connectivity index (χ1n) is 11.1. The van der Waals surface area contributed by atoms with Gasteiger partial charge in [0.15, 0.2) is 17.3 Å². The summed E-state index contributed by atoms with van der Waals surface area (Å²) < 4.78 is 22.7. The summed E-state index contributed by atoms with van der Waals surface area (Å²) in [5.41, 5.74) is 0.912. The van der Waals surface area contributed by atoms with Gasteiger partial charge in [0.1, 0.15) is 17.5 Å². The van der Waals surface area contributed by atoms with Gasteiger partial charge >= 0.3 is 0 Å². The lowest BCUT2D eigenvalue weighted by Gasteiger charge is -2.36. The highest BCUT2D eigenvalue weighted by Crippen LogP contribution is 2.42. The zero-order valence-corrected chi connectivity index (χ0v) is 20.0. The number of benzene rings is 1. The molecule has 35 heavy (non-hydrogen) atoms. The molecule has 3 aromatic rings. The number of pyridine rings is 1. The zero-order valence-electron chi connectivity index (χ0n) is 19.2. The molecule has 0 spiro atoms. The van der Waals surface area contributed by atoms with Crippen LogP contribution in [0.5, 0.6) is 11.5 Å². The largest absolute Gasteiger partial charge is 0.454 e. The molecule has 2 aliphatic carbocycles. The van der Waals surface area contributed by atoms with E-state index in [1.165, 1.54) is 0 Å². The van der Waals surface area contributed by atoms with Crippen molar-refractivity contribution in [3.05, 3.63) is 62.3 Å². The molecule has 1 aliphatic heterocycles. The molecule has 0 fully saturated rings. The summed E-state index contributed by atoms with van der Waals surface area (Å²) in [6, 6.07) is 3.43. The number of halogens is 1. The van der Waals surface area contributed by atoms with Crippen molar-refractivity contribution < 1.29 is 23.7 Å². The number of aryl methyl sites for hydroxylation is 1. The fraction of sp³-hybridized carbons (Fsp3) is 0.320. The van der Waals surface area contributed by atoms with Crippen molar-refractivity contribution in [3.8, 4) is 22.8 Å². The third kappa shape index (κ3) is 3.50. The number of carbonyl (C=O) groups is 1. The maximum absolute atomic E-state index is 13.5. The van der Waals surface area contributed by atoms with Crippen molar-refractivity contribution in [1.82, 2.24) is 15.0 Å². The van der Waals surface area contributed by atoms with E-state index in [9.17, 15) is 9.59 Å². The van der Waals surface area contributed by atoms with E-state index in [1.54, 1.807) is 44.8 Å². The molecule has 9 nitrogen and oxygen atoms in total. The van der Waals surface area contributed by atoms with Crippen molar-refractivity contribution in [2.45, 2.75) is 31.0 Å². The Morgan fingerprint density at radius 3 is 2.60 bits per heavy atom. The number of ketones is 1. The average molecular weight is 498 g/mol. The minimum absolute atomic E-state index is 0. The maximum Gasteiger partial charge on any atom is 0.256 e. The van der Waals surface area contributed by atoms with Gasteiger partial charge in [0.2, 0.25) is 6.79 Å². The molecule has 6 rings (SSSR count). The molecule has 182 valence electrons. The Hall–Kier alpha value is -3.40. The van der Waals surface area contributed by atoms with Crippen LogP contribution in [0.4, 0.5) is 0 Å². The van der Waals surface area contributed by atoms with Gasteiger partial charge in [-0.25, -0.2) is 4.98 Å². The second kappa shape index (κ2) is 8.67. The first-order valence-corrected chi connectivity index (χ1v) is 11.1. The highest BCUT2D eigenvalue weighted by molar-refractivity contribution is 6.21. The van der Waals surface area contributed by atoms with Gasteiger partial charge in [-0.1, -0.05) is 0 Å². The second-order valence-electron chi connectivity index (χ2n) is 8.63. The number of aromatic nitrogens is 3. The fourth-order valence-corrected chi connectivity index (χ4v) is 5.21. The number of fused-ring (bicyclic) bond motifs is 6. The fourth-order valence-electron chi connectivity index (χ4n) is 5.21. The van der Waals surface area contributed by atoms with Gasteiger partial charge in [-0.2, -0.15) is 0 Å². The third-order valence-electron chi connectivity index (χ3n) is 6.90. The van der Waals surface area contributed by atoms with Crippen LogP contribution in [0.3, 0.4) is 0 Å². The topological polar surface area (TPSA) is 116 Å². The lowest BCUT2D eigenvalue weighted by atomic mass is 9.84. The number of rotatable bonds is 6. The molecule has 1 aromatic carbocycles. The number of H-pyrrole nitrogens is 2. The molecule has 2 atom stereocenters. The summed E-state index contributed by atoms with van der Waals surface area (Å²) >= 11 is 0. The van der Waals surface area contributed by atoms with Gasteiger partial charge in [0.25, 0.3) is 5.56 Å². The molecule has 0 bridgehead atoms. The molecule has 0 amide bonds. The number of nitrogens with zero attached hydrogens (tertiary/aromatic N) is 1. The van der Waals surface area contributed by atoms with Crippen LogP contribution in [-0.4, -0.2) is 53.5 Å². The Morgan fingerprint density at radius 2 is 1.91 bits per heavy atom. The Balaban J connectivity index is 0.00000253. The minimum Gasteiger partial charge on any atom is -0.454 e. The smallest absolute Gasteiger partial charge is 0.256 e. The molecule has 3 aliphatic rings. The maximum atomic E-state index is 13.5. The Labute approximate surface area is 206 Å². The molecule has 2 aromatic heterocycles. The second-order valence-corrected chi connectivity index (χ2v) is 8.63. The zero-order chi connectivity index (χ0) is 23.4. The van der Waals surface area contributed by atoms with E-state index in [0.717, 1.165) is 18.7 Å². The quantitative estimate of drug-likeness (QED) is 0.414. The Kier molecular flexibility index (Phi) is 5.79. The number of nitrogens with one attached hydrogen (secondary N) is 2. The number of aromatic amines is 2. The van der Waals surface area contributed by atoms with Crippen LogP contribution in [0.1, 0.15) is 34.6 Å². The van der Waals surface area contributed by atoms with Gasteiger partial charge in [-0.3, -0.25) is 9.59 Å². The number of imidazole rings is 1. The van der Waals surface area contributed by atoms with Crippen LogP contribution < -0.4 is 25.5 Å². The van der Waals surface area contributed by atoms with E-state index in [4.69, 9.17) is 18.9 Å². The number of carbonyl (C=O) groups excluding carboxylic acids is 1. The Morgan fingerprint density at radius 1 is 1.14 bits per heavy atom. The van der Waals surface area contributed by atoms with Crippen LogP contribution in [0.25, 0.3) is 23.4 Å². The van der Waals surface area contributed by atoms with Crippen molar-refractivity contribution in [3.63, 3.8) is 0 Å². The predicted molar refractivity (Wildman–Crippen MR) is 130 cm³/mol. The number of hydrogen-bond donors (Lipinski definition) is 2. The highest BCUT2D eigenvalue weighted by Gasteiger charge is 2.40. The van der Waals surface area contributed by atoms with Crippen LogP contribution in [-0.2, 0) is 15.9 Å². The number of hydrogen-bond acceptors (Lipinski definition) is 7. The SMILES string of the molecule is COC1C=c2c3c([nH]c(=O)c2=CC1(CCCc1ncc[nH]1)OC)-c1cc2c(cc1C3=O)OCO2.Cl. The molecule has 10 heteroatoms. The van der Waals surface area contributed by atoms with Crippen LogP contribution in [0, 0.1) is 0 Å². The first-order chi connectivity index (χ1) is 16.5. The van der Waals surface area contributed by atoms with E-state index in [1.807, 2.05) is 6.08 Å². The average Bonchev–Trinajstić information content (AvgIpc) is 3.58. The monoisotopic (exact) mass is 497 g/mol. The summed E-state index contributed by atoms with van der Waals surface area (Å²) in [6.07, 6.45) is 8.77. The van der Waals surface area contributed by atoms with Crippen molar-refractivity contribution in [1.29, 1.82) is 0 Å². The van der Waals surface area contributed by atoms with E-state index < -0.39 is 11.7 Å². The molecular weight excluding hydrogens is 474 g/mol. The molecule has 2 unspecified atom stereocenters. The normalized spacial score (nSPS) is 20.9. The predicted octanol–water partition coefficient (Wildman–Crippen LogP) is 1.46. The third-order valence-corrected chi connectivity index (χ3v) is 6.90. The van der Waals surface area contributed by atoms with Crippen molar-refractivity contribution in [2.75, 3.05) is 21.0 Å². The summed E-state index contributed by atoms with van der Waals surface area (Å²) in [5.74, 6) is 1.80. The van der Waals surface area contributed by atoms with Crippen molar-refractivity contribution in [2.24, 2.45) is 0 Å². The minimum atomic E-state index is -0.854. The Bertz CT molecular complexity index is 1500. The van der Waals surface area contributed by atoms with Crippen LogP contribution >= 0.6 is 12.4 Å². The molecule has 0 saturated heterocycles. The first kappa shape index (κ1) is 23.3. The lowest BCUT2D eigenvalue weighted by molar-refractivity contribution is -0.0542. The van der Waals surface area contributed by atoms with Crippen LogP contribution in [0.2, 0.25) is 0 Å². The van der Waals surface area contributed by atoms with Gasteiger partial charge in [-0.15, -0.1) is 12.4 Å². The van der Waals surface area contributed by atoms with Gasteiger partial charge in [-0.05, 0) is 42.3 Å². The molecule has 0 saturated carbocycles. The summed E-state index contributed by atoms with van der Waals surface area (Å²) in [6.45, 7) is 0.108. The van der Waals surface area contributed by atoms with Gasteiger partial charge in [0.05, 0.1) is 11.3 Å².